The van der Waals surface area contributed by atoms with Gasteiger partial charge in [-0.25, -0.2) is 0 Å². The fourth-order valence-electron chi connectivity index (χ4n) is 0.630. The summed E-state index contributed by atoms with van der Waals surface area (Å²) in [5, 5.41) is 8.21. The second-order valence-electron chi connectivity index (χ2n) is 3.05. The van der Waals surface area contributed by atoms with Crippen LogP contribution in [0.5, 0.6) is 0 Å². The van der Waals surface area contributed by atoms with Crippen molar-refractivity contribution in [3.63, 3.8) is 0 Å². The average Bonchev–Trinajstić information content (AvgIpc) is 2.04. The van der Waals surface area contributed by atoms with E-state index in [9.17, 15) is 4.79 Å². The van der Waals surface area contributed by atoms with E-state index in [0.29, 0.717) is 18.3 Å². The number of hydrogen-bond acceptors (Lipinski definition) is 4. The van der Waals surface area contributed by atoms with E-state index in [1.165, 1.54) is 11.8 Å². The largest absolute Gasteiger partial charge is 0.465 e. The Morgan fingerprint density at radius 1 is 1.62 bits per heavy atom. The van der Waals surface area contributed by atoms with Crippen molar-refractivity contribution in [2.45, 2.75) is 20.3 Å². The minimum atomic E-state index is -0.221. The molecule has 0 heterocycles. The van der Waals surface area contributed by atoms with Gasteiger partial charge in [-0.05, 0) is 12.3 Å². The van der Waals surface area contributed by atoms with E-state index in [2.05, 4.69) is 13.8 Å². The SMILES string of the molecule is CC(C)CCOC(=O)CSCC#N. The summed E-state index contributed by atoms with van der Waals surface area (Å²) < 4.78 is 4.93. The van der Waals surface area contributed by atoms with Gasteiger partial charge in [0, 0.05) is 0 Å². The predicted octanol–water partition coefficient (Wildman–Crippen LogP) is 1.83. The molecule has 13 heavy (non-hydrogen) atoms. The van der Waals surface area contributed by atoms with Gasteiger partial charge in [0.1, 0.15) is 0 Å². The molecule has 74 valence electrons. The third-order valence-corrected chi connectivity index (χ3v) is 2.12. The van der Waals surface area contributed by atoms with Crippen molar-refractivity contribution in [3.8, 4) is 6.07 Å². The lowest BCUT2D eigenvalue weighted by atomic mass is 10.1. The molecule has 0 fully saturated rings. The Balaban J connectivity index is 3.26. The Kier molecular flexibility index (Phi) is 7.51. The van der Waals surface area contributed by atoms with Crippen molar-refractivity contribution >= 4 is 17.7 Å². The van der Waals surface area contributed by atoms with Crippen molar-refractivity contribution in [1.82, 2.24) is 0 Å². The lowest BCUT2D eigenvalue weighted by molar-refractivity contribution is -0.140. The summed E-state index contributed by atoms with van der Waals surface area (Å²) in [7, 11) is 0. The highest BCUT2D eigenvalue weighted by atomic mass is 32.2. The first-order valence-electron chi connectivity index (χ1n) is 4.27. The fraction of sp³-hybridized carbons (Fsp3) is 0.778. The van der Waals surface area contributed by atoms with Crippen LogP contribution in [0.1, 0.15) is 20.3 Å². The van der Waals surface area contributed by atoms with Gasteiger partial charge in [-0.3, -0.25) is 4.79 Å². The minimum absolute atomic E-state index is 0.221. The Morgan fingerprint density at radius 2 is 2.31 bits per heavy atom. The van der Waals surface area contributed by atoms with Crippen LogP contribution in [-0.2, 0) is 9.53 Å². The molecule has 0 unspecified atom stereocenters. The molecule has 0 saturated heterocycles. The molecular weight excluding hydrogens is 186 g/mol. The van der Waals surface area contributed by atoms with E-state index >= 15 is 0 Å². The fourth-order valence-corrected chi connectivity index (χ4v) is 1.07. The summed E-state index contributed by atoms with van der Waals surface area (Å²) in [5.41, 5.74) is 0. The van der Waals surface area contributed by atoms with Crippen molar-refractivity contribution < 1.29 is 9.53 Å². The normalized spacial score (nSPS) is 9.69. The molecule has 0 aliphatic rings. The first kappa shape index (κ1) is 12.3. The van der Waals surface area contributed by atoms with Gasteiger partial charge < -0.3 is 4.74 Å². The summed E-state index contributed by atoms with van der Waals surface area (Å²) >= 11 is 1.28. The van der Waals surface area contributed by atoms with E-state index in [0.717, 1.165) is 6.42 Å². The van der Waals surface area contributed by atoms with E-state index in [1.807, 2.05) is 6.07 Å². The Labute approximate surface area is 83.4 Å². The number of nitriles is 1. The summed E-state index contributed by atoms with van der Waals surface area (Å²) in [6.45, 7) is 4.65. The van der Waals surface area contributed by atoms with Crippen LogP contribution in [0.4, 0.5) is 0 Å². The van der Waals surface area contributed by atoms with Gasteiger partial charge in [0.15, 0.2) is 0 Å². The molecule has 0 spiro atoms. The molecule has 0 N–H and O–H groups in total. The van der Waals surface area contributed by atoms with E-state index in [1.54, 1.807) is 0 Å². The second-order valence-corrected chi connectivity index (χ2v) is 4.04. The van der Waals surface area contributed by atoms with Crippen molar-refractivity contribution in [3.05, 3.63) is 0 Å². The zero-order chi connectivity index (χ0) is 10.1. The Bertz CT molecular complexity index is 187. The Hall–Kier alpha value is -0.690. The maximum atomic E-state index is 10.9. The highest BCUT2D eigenvalue weighted by molar-refractivity contribution is 8.00. The van der Waals surface area contributed by atoms with Crippen LogP contribution >= 0.6 is 11.8 Å². The molecule has 0 aromatic carbocycles. The topological polar surface area (TPSA) is 50.1 Å². The van der Waals surface area contributed by atoms with Crippen LogP contribution in [-0.4, -0.2) is 24.1 Å². The zero-order valence-corrected chi connectivity index (χ0v) is 8.89. The standard InChI is InChI=1S/C9H15NO2S/c1-8(2)3-5-12-9(11)7-13-6-4-10/h8H,3,5-7H2,1-2H3. The third-order valence-electron chi connectivity index (χ3n) is 1.34. The molecule has 0 aliphatic heterocycles. The van der Waals surface area contributed by atoms with Crippen LogP contribution in [0.2, 0.25) is 0 Å². The van der Waals surface area contributed by atoms with Crippen molar-refractivity contribution in [2.75, 3.05) is 18.1 Å². The predicted molar refractivity (Wildman–Crippen MR) is 53.4 cm³/mol. The first-order chi connectivity index (χ1) is 6.16. The highest BCUT2D eigenvalue weighted by Gasteiger charge is 2.02. The zero-order valence-electron chi connectivity index (χ0n) is 8.08. The number of carbonyl (C=O) groups is 1. The van der Waals surface area contributed by atoms with Gasteiger partial charge in [0.05, 0.1) is 24.2 Å². The summed E-state index contributed by atoms with van der Waals surface area (Å²) in [4.78, 5) is 10.9. The molecule has 0 aliphatic carbocycles. The highest BCUT2D eigenvalue weighted by Crippen LogP contribution is 2.02. The summed E-state index contributed by atoms with van der Waals surface area (Å²) in [6, 6.07) is 1.95. The lowest BCUT2D eigenvalue weighted by Crippen LogP contribution is -2.10. The monoisotopic (exact) mass is 201 g/mol. The number of hydrogen-bond donors (Lipinski definition) is 0. The van der Waals surface area contributed by atoms with Crippen molar-refractivity contribution in [2.24, 2.45) is 5.92 Å². The van der Waals surface area contributed by atoms with Gasteiger partial charge in [-0.1, -0.05) is 13.8 Å². The van der Waals surface area contributed by atoms with E-state index in [4.69, 9.17) is 10.00 Å². The van der Waals surface area contributed by atoms with E-state index < -0.39 is 0 Å². The number of rotatable bonds is 6. The number of esters is 1. The maximum Gasteiger partial charge on any atom is 0.315 e. The molecule has 0 amide bonds. The molecule has 0 radical (unpaired) electrons. The molecular formula is C9H15NO2S. The molecule has 4 heteroatoms. The van der Waals surface area contributed by atoms with Gasteiger partial charge in [-0.15, -0.1) is 11.8 Å². The smallest absolute Gasteiger partial charge is 0.315 e. The summed E-state index contributed by atoms with van der Waals surface area (Å²) in [6.07, 6.45) is 0.897. The average molecular weight is 201 g/mol. The van der Waals surface area contributed by atoms with Crippen LogP contribution in [0.3, 0.4) is 0 Å². The van der Waals surface area contributed by atoms with Crippen LogP contribution < -0.4 is 0 Å². The Morgan fingerprint density at radius 3 is 2.85 bits per heavy atom. The molecule has 0 atom stereocenters. The van der Waals surface area contributed by atoms with E-state index in [-0.39, 0.29) is 11.7 Å². The van der Waals surface area contributed by atoms with Crippen LogP contribution in [0, 0.1) is 17.2 Å². The summed E-state index contributed by atoms with van der Waals surface area (Å²) in [5.74, 6) is 0.964. The third kappa shape index (κ3) is 9.22. The van der Waals surface area contributed by atoms with Crippen LogP contribution in [0.15, 0.2) is 0 Å². The molecule has 0 saturated carbocycles. The minimum Gasteiger partial charge on any atom is -0.465 e. The van der Waals surface area contributed by atoms with Gasteiger partial charge in [-0.2, -0.15) is 5.26 Å². The first-order valence-corrected chi connectivity index (χ1v) is 5.42. The van der Waals surface area contributed by atoms with Gasteiger partial charge in [0.2, 0.25) is 0 Å². The van der Waals surface area contributed by atoms with Gasteiger partial charge in [0.25, 0.3) is 0 Å². The van der Waals surface area contributed by atoms with Gasteiger partial charge >= 0.3 is 5.97 Å². The number of carbonyl (C=O) groups excluding carboxylic acids is 1. The molecule has 0 aromatic rings. The molecule has 3 nitrogen and oxygen atoms in total. The van der Waals surface area contributed by atoms with Crippen molar-refractivity contribution in [1.29, 1.82) is 5.26 Å². The number of thioether (sulfide) groups is 1. The maximum absolute atomic E-state index is 10.9. The molecule has 0 bridgehead atoms. The van der Waals surface area contributed by atoms with Crippen LogP contribution in [0.25, 0.3) is 0 Å². The quantitative estimate of drug-likeness (QED) is 0.486. The number of nitrogens with zero attached hydrogens (tertiary/aromatic N) is 1. The molecule has 0 aromatic heterocycles. The number of ether oxygens (including phenoxy) is 1. The lowest BCUT2D eigenvalue weighted by Gasteiger charge is -2.05. The second kappa shape index (κ2) is 7.93. The molecule has 0 rings (SSSR count).